The minimum Gasteiger partial charge on any atom is -1.00 e. The molecule has 0 spiro atoms. The smallest absolute Gasteiger partial charge is 0.212 e. The van der Waals surface area contributed by atoms with Crippen LogP contribution in [-0.2, 0) is 0 Å². The summed E-state index contributed by atoms with van der Waals surface area (Å²) < 4.78 is 0. The van der Waals surface area contributed by atoms with Crippen molar-refractivity contribution >= 4 is 6.08 Å². The van der Waals surface area contributed by atoms with Gasteiger partial charge in [0.05, 0.1) is 5.56 Å². The summed E-state index contributed by atoms with van der Waals surface area (Å²) in [7, 11) is 0. The lowest BCUT2D eigenvalue weighted by Crippen LogP contribution is -3.00. The Bertz CT molecular complexity index is 735. The van der Waals surface area contributed by atoms with Crippen molar-refractivity contribution in [3.05, 3.63) is 85.1 Å². The van der Waals surface area contributed by atoms with E-state index < -0.39 is 0 Å². The van der Waals surface area contributed by atoms with Gasteiger partial charge in [0.1, 0.15) is 0 Å². The maximum atomic E-state index is 3.88. The Morgan fingerprint density at radius 1 is 0.810 bits per heavy atom. The number of nitrogens with one attached hydrogen (secondary N) is 1. The fraction of sp³-hybridized carbons (Fsp3) is 0. The van der Waals surface area contributed by atoms with Crippen LogP contribution >= 0.6 is 0 Å². The molecule has 0 saturated carbocycles. The van der Waals surface area contributed by atoms with Gasteiger partial charge in [0, 0.05) is 12.1 Å². The predicted octanol–water partition coefficient (Wildman–Crippen LogP) is 1.48. The van der Waals surface area contributed by atoms with Crippen molar-refractivity contribution in [1.82, 2.24) is 0 Å². The molecule has 2 aromatic carbocycles. The van der Waals surface area contributed by atoms with Crippen LogP contribution in [-0.4, -0.2) is 0 Å². The molecule has 3 aromatic rings. The Hall–Kier alpha value is -1.94. The molecule has 1 nitrogen and oxygen atoms in total. The Kier molecular flexibility index (Phi) is 5.28. The standard InChI is InChI=1S/C19H15N.HI/c1-2-15-8-6-7-11-18(15)19-14-17(12-13-20-19)16-9-4-3-5-10-16;/h2-14H,1H2;1H. The third kappa shape index (κ3) is 3.39. The van der Waals surface area contributed by atoms with Crippen LogP contribution in [0.3, 0.4) is 0 Å². The zero-order chi connectivity index (χ0) is 13.8. The van der Waals surface area contributed by atoms with Crippen molar-refractivity contribution in [2.45, 2.75) is 0 Å². The van der Waals surface area contributed by atoms with Crippen LogP contribution in [0.25, 0.3) is 28.5 Å². The number of aromatic nitrogens is 1. The van der Waals surface area contributed by atoms with Gasteiger partial charge in [-0.3, -0.25) is 0 Å². The Labute approximate surface area is 142 Å². The zero-order valence-electron chi connectivity index (χ0n) is 11.6. The Morgan fingerprint density at radius 3 is 2.29 bits per heavy atom. The summed E-state index contributed by atoms with van der Waals surface area (Å²) in [5.41, 5.74) is 5.83. The minimum absolute atomic E-state index is 0. The third-order valence-corrected chi connectivity index (χ3v) is 3.38. The molecule has 3 rings (SSSR count). The lowest BCUT2D eigenvalue weighted by molar-refractivity contribution is -0.364. The van der Waals surface area contributed by atoms with Crippen LogP contribution in [0.2, 0.25) is 0 Å². The molecule has 0 atom stereocenters. The van der Waals surface area contributed by atoms with Gasteiger partial charge in [-0.1, -0.05) is 61.2 Å². The van der Waals surface area contributed by atoms with E-state index in [4.69, 9.17) is 0 Å². The molecule has 0 aliphatic heterocycles. The fourth-order valence-electron chi connectivity index (χ4n) is 2.35. The molecule has 0 aliphatic carbocycles. The van der Waals surface area contributed by atoms with Crippen LogP contribution in [0.5, 0.6) is 0 Å². The maximum absolute atomic E-state index is 3.88. The number of benzene rings is 2. The number of pyridine rings is 1. The highest BCUT2D eigenvalue weighted by Gasteiger charge is 2.10. The summed E-state index contributed by atoms with van der Waals surface area (Å²) in [5.74, 6) is 0. The fourth-order valence-corrected chi connectivity index (χ4v) is 2.35. The van der Waals surface area contributed by atoms with E-state index in [1.165, 1.54) is 16.7 Å². The van der Waals surface area contributed by atoms with Gasteiger partial charge in [-0.05, 0) is 22.8 Å². The van der Waals surface area contributed by atoms with Crippen LogP contribution in [0.1, 0.15) is 5.56 Å². The van der Waals surface area contributed by atoms with Gasteiger partial charge < -0.3 is 24.0 Å². The van der Waals surface area contributed by atoms with Crippen molar-refractivity contribution in [1.29, 1.82) is 0 Å². The average Bonchev–Trinajstić information content (AvgIpc) is 2.56. The molecule has 0 radical (unpaired) electrons. The third-order valence-electron chi connectivity index (χ3n) is 3.38. The summed E-state index contributed by atoms with van der Waals surface area (Å²) in [5, 5.41) is 0. The lowest BCUT2D eigenvalue weighted by atomic mass is 10.0. The van der Waals surface area contributed by atoms with E-state index in [1.807, 2.05) is 30.5 Å². The van der Waals surface area contributed by atoms with E-state index in [1.54, 1.807) is 0 Å². The quantitative estimate of drug-likeness (QED) is 0.607. The molecule has 0 fully saturated rings. The van der Waals surface area contributed by atoms with E-state index in [0.29, 0.717) is 0 Å². The minimum atomic E-state index is 0. The predicted molar refractivity (Wildman–Crippen MR) is 84.0 cm³/mol. The van der Waals surface area contributed by atoms with Crippen LogP contribution < -0.4 is 29.0 Å². The first-order chi connectivity index (χ1) is 9.88. The SMILES string of the molecule is C=Cc1ccccc1-c1cc(-c2ccccc2)cc[nH+]1.[I-]. The first-order valence-corrected chi connectivity index (χ1v) is 6.67. The molecule has 0 aliphatic rings. The molecule has 0 bridgehead atoms. The van der Waals surface area contributed by atoms with E-state index in [2.05, 4.69) is 60.1 Å². The van der Waals surface area contributed by atoms with Gasteiger partial charge in [-0.2, -0.15) is 0 Å². The van der Waals surface area contributed by atoms with Crippen molar-refractivity contribution in [2.24, 2.45) is 0 Å². The Balaban J connectivity index is 0.00000161. The average molecular weight is 385 g/mol. The molecule has 0 unspecified atom stereocenters. The molecule has 0 saturated heterocycles. The largest absolute Gasteiger partial charge is 1.00 e. The van der Waals surface area contributed by atoms with Crippen molar-refractivity contribution in [3.8, 4) is 22.4 Å². The second kappa shape index (κ2) is 7.18. The molecule has 2 heteroatoms. The summed E-state index contributed by atoms with van der Waals surface area (Å²) in [6.07, 6.45) is 3.87. The molecule has 1 N–H and O–H groups in total. The van der Waals surface area contributed by atoms with Gasteiger partial charge in [0.15, 0.2) is 6.20 Å². The molecular weight excluding hydrogens is 369 g/mol. The van der Waals surface area contributed by atoms with Crippen molar-refractivity contribution in [3.63, 3.8) is 0 Å². The highest BCUT2D eigenvalue weighted by Crippen LogP contribution is 2.25. The normalized spacial score (nSPS) is 9.71. The van der Waals surface area contributed by atoms with Crippen LogP contribution in [0, 0.1) is 0 Å². The Morgan fingerprint density at radius 2 is 1.52 bits per heavy atom. The molecule has 104 valence electrons. The van der Waals surface area contributed by atoms with Crippen LogP contribution in [0.15, 0.2) is 79.5 Å². The highest BCUT2D eigenvalue weighted by molar-refractivity contribution is 5.74. The van der Waals surface area contributed by atoms with Gasteiger partial charge in [-0.15, -0.1) is 0 Å². The monoisotopic (exact) mass is 385 g/mol. The molecule has 21 heavy (non-hydrogen) atoms. The summed E-state index contributed by atoms with van der Waals surface area (Å²) in [6.45, 7) is 3.88. The number of halogens is 1. The van der Waals surface area contributed by atoms with Crippen molar-refractivity contribution < 1.29 is 29.0 Å². The van der Waals surface area contributed by atoms with E-state index >= 15 is 0 Å². The van der Waals surface area contributed by atoms with E-state index in [0.717, 1.165) is 11.3 Å². The maximum Gasteiger partial charge on any atom is 0.212 e. The molecule has 0 amide bonds. The number of hydrogen-bond donors (Lipinski definition) is 0. The molecular formula is C19H16IN. The molecule has 1 heterocycles. The van der Waals surface area contributed by atoms with Crippen LogP contribution in [0.4, 0.5) is 0 Å². The second-order valence-electron chi connectivity index (χ2n) is 4.65. The van der Waals surface area contributed by atoms with Gasteiger partial charge in [-0.25, -0.2) is 4.98 Å². The number of rotatable bonds is 3. The number of H-pyrrole nitrogens is 1. The topological polar surface area (TPSA) is 14.1 Å². The second-order valence-corrected chi connectivity index (χ2v) is 4.65. The lowest BCUT2D eigenvalue weighted by Gasteiger charge is -2.04. The number of aromatic amines is 1. The first kappa shape index (κ1) is 15.4. The summed E-state index contributed by atoms with van der Waals surface area (Å²) in [4.78, 5) is 3.32. The summed E-state index contributed by atoms with van der Waals surface area (Å²) in [6, 6.07) is 22.9. The summed E-state index contributed by atoms with van der Waals surface area (Å²) >= 11 is 0. The van der Waals surface area contributed by atoms with Gasteiger partial charge >= 0.3 is 0 Å². The van der Waals surface area contributed by atoms with Gasteiger partial charge in [0.25, 0.3) is 0 Å². The number of hydrogen-bond acceptors (Lipinski definition) is 0. The van der Waals surface area contributed by atoms with E-state index in [-0.39, 0.29) is 24.0 Å². The van der Waals surface area contributed by atoms with E-state index in [9.17, 15) is 0 Å². The van der Waals surface area contributed by atoms with Gasteiger partial charge in [0.2, 0.25) is 5.69 Å². The molecule has 1 aromatic heterocycles. The van der Waals surface area contributed by atoms with Crippen molar-refractivity contribution in [2.75, 3.05) is 0 Å². The highest BCUT2D eigenvalue weighted by atomic mass is 127. The first-order valence-electron chi connectivity index (χ1n) is 6.67. The zero-order valence-corrected chi connectivity index (χ0v) is 13.7.